The van der Waals surface area contributed by atoms with Crippen LogP contribution in [0.4, 0.5) is 5.95 Å². The fourth-order valence-electron chi connectivity index (χ4n) is 4.61. The largest absolute Gasteiger partial charge is 0.381 e. The molecule has 230 valence electrons. The van der Waals surface area contributed by atoms with E-state index in [-0.39, 0.29) is 17.6 Å². The Labute approximate surface area is 239 Å². The Hall–Kier alpha value is -1.78. The normalized spacial score (nSPS) is 12.8. The first-order valence-electron chi connectivity index (χ1n) is 15.2. The first-order chi connectivity index (χ1) is 19.3. The highest BCUT2D eigenvalue weighted by Crippen LogP contribution is 2.34. The molecule has 1 atom stereocenters. The molecule has 0 radical (unpaired) electrons. The number of imidazole rings is 1. The molecule has 0 aliphatic rings. The highest BCUT2D eigenvalue weighted by Gasteiger charge is 2.17. The third kappa shape index (κ3) is 15.3. The number of unbranched alkanes of at least 4 members (excludes halogenated alkanes) is 13. The lowest BCUT2D eigenvalue weighted by Crippen LogP contribution is -2.19. The third-order valence-electron chi connectivity index (χ3n) is 6.86. The molecule has 2 aromatic heterocycles. The van der Waals surface area contributed by atoms with Crippen LogP contribution in [0.25, 0.3) is 11.2 Å². The van der Waals surface area contributed by atoms with E-state index < -0.39 is 20.0 Å². The van der Waals surface area contributed by atoms with Crippen LogP contribution in [0.3, 0.4) is 0 Å². The van der Waals surface area contributed by atoms with Crippen molar-refractivity contribution in [2.45, 2.75) is 123 Å². The summed E-state index contributed by atoms with van der Waals surface area (Å²) in [5, 5.41) is 3.13. The van der Waals surface area contributed by atoms with E-state index in [2.05, 4.69) is 27.2 Å². The fourth-order valence-corrected chi connectivity index (χ4v) is 5.06. The van der Waals surface area contributed by atoms with E-state index >= 15 is 0 Å². The molecular formula is C28H52N5O6P. The lowest BCUT2D eigenvalue weighted by molar-refractivity contribution is 0.0764. The van der Waals surface area contributed by atoms with Gasteiger partial charge in [0.25, 0.3) is 5.56 Å². The van der Waals surface area contributed by atoms with Gasteiger partial charge in [-0.1, -0.05) is 90.4 Å². The monoisotopic (exact) mass is 585 g/mol. The number of nitrogens with one attached hydrogen (secondary N) is 2. The highest BCUT2D eigenvalue weighted by atomic mass is 31.2. The molecule has 0 amide bonds. The van der Waals surface area contributed by atoms with E-state index in [4.69, 9.17) is 19.3 Å². The van der Waals surface area contributed by atoms with Crippen LogP contribution in [-0.2, 0) is 20.6 Å². The second-order valence-corrected chi connectivity index (χ2v) is 12.3. The fraction of sp³-hybridized carbons (Fsp3) is 0.821. The van der Waals surface area contributed by atoms with Gasteiger partial charge in [-0.3, -0.25) is 14.3 Å². The molecule has 1 unspecified atom stereocenters. The molecule has 11 nitrogen and oxygen atoms in total. The van der Waals surface area contributed by atoms with Crippen LogP contribution >= 0.6 is 7.60 Å². The maximum absolute atomic E-state index is 12.4. The number of anilines is 1. The molecule has 0 aliphatic heterocycles. The molecule has 0 aliphatic carbocycles. The molecule has 0 saturated heterocycles. The van der Waals surface area contributed by atoms with Gasteiger partial charge in [-0.05, 0) is 19.8 Å². The summed E-state index contributed by atoms with van der Waals surface area (Å²) in [5.41, 5.74) is 0.222. The first kappa shape index (κ1) is 34.4. The van der Waals surface area contributed by atoms with Crippen LogP contribution in [-0.4, -0.2) is 61.5 Å². The van der Waals surface area contributed by atoms with Crippen molar-refractivity contribution in [3.63, 3.8) is 0 Å². The van der Waals surface area contributed by atoms with Crippen molar-refractivity contribution >= 4 is 24.7 Å². The Kier molecular flexibility index (Phi) is 17.3. The quantitative estimate of drug-likeness (QED) is 0.0817. The highest BCUT2D eigenvalue weighted by molar-refractivity contribution is 7.51. The van der Waals surface area contributed by atoms with Crippen molar-refractivity contribution in [3.8, 4) is 0 Å². The van der Waals surface area contributed by atoms with Gasteiger partial charge in [0.05, 0.1) is 19.0 Å². The standard InChI is InChI=1S/C28H52N5O6P/c1-3-4-5-6-7-8-9-10-11-12-13-14-15-16-19-38-20-17-18-29-28-31-26-25(27(34)32-28)30-22-33(26)21-24(2)39-23-40(35,36)37/h22,24H,3-21,23H2,1-2H3,(H2,35,36,37)(H2,29,31,32,34). The summed E-state index contributed by atoms with van der Waals surface area (Å²) in [6, 6.07) is 0. The predicted octanol–water partition coefficient (Wildman–Crippen LogP) is 5.96. The van der Waals surface area contributed by atoms with Gasteiger partial charge < -0.3 is 29.1 Å². The van der Waals surface area contributed by atoms with Crippen molar-refractivity contribution in [3.05, 3.63) is 16.7 Å². The van der Waals surface area contributed by atoms with Crippen LogP contribution < -0.4 is 10.9 Å². The molecule has 2 rings (SSSR count). The molecule has 2 aromatic rings. The number of fused-ring (bicyclic) bond motifs is 1. The van der Waals surface area contributed by atoms with Crippen LogP contribution in [0, 0.1) is 0 Å². The summed E-state index contributed by atoms with van der Waals surface area (Å²) in [6.07, 6.45) is 19.9. The minimum Gasteiger partial charge on any atom is -0.381 e. The van der Waals surface area contributed by atoms with Gasteiger partial charge in [-0.15, -0.1) is 0 Å². The molecule has 0 saturated carbocycles. The summed E-state index contributed by atoms with van der Waals surface area (Å²) in [4.78, 5) is 41.6. The molecule has 0 bridgehead atoms. The van der Waals surface area contributed by atoms with E-state index in [0.717, 1.165) is 19.4 Å². The van der Waals surface area contributed by atoms with Gasteiger partial charge in [0.15, 0.2) is 11.2 Å². The van der Waals surface area contributed by atoms with Crippen molar-refractivity contribution in [2.24, 2.45) is 0 Å². The maximum Gasteiger partial charge on any atom is 0.350 e. The minimum atomic E-state index is -4.25. The van der Waals surface area contributed by atoms with Gasteiger partial charge in [-0.25, -0.2) is 4.98 Å². The zero-order valence-electron chi connectivity index (χ0n) is 24.6. The summed E-state index contributed by atoms with van der Waals surface area (Å²) in [6.45, 7) is 6.23. The smallest absolute Gasteiger partial charge is 0.350 e. The summed E-state index contributed by atoms with van der Waals surface area (Å²) >= 11 is 0. The van der Waals surface area contributed by atoms with Crippen molar-refractivity contribution in [1.82, 2.24) is 19.5 Å². The molecule has 2 heterocycles. The van der Waals surface area contributed by atoms with E-state index in [1.54, 1.807) is 11.5 Å². The molecule has 0 aromatic carbocycles. The maximum atomic E-state index is 12.4. The number of hydrogen-bond acceptors (Lipinski definition) is 7. The first-order valence-corrected chi connectivity index (χ1v) is 17.0. The van der Waals surface area contributed by atoms with E-state index in [0.29, 0.717) is 24.7 Å². The summed E-state index contributed by atoms with van der Waals surface area (Å²) in [5.74, 6) is 0.343. The number of H-pyrrole nitrogens is 1. The van der Waals surface area contributed by atoms with Gasteiger partial charge >= 0.3 is 7.60 Å². The number of nitrogens with zero attached hydrogens (tertiary/aromatic N) is 3. The number of aromatic nitrogens is 4. The van der Waals surface area contributed by atoms with Crippen LogP contribution in [0.2, 0.25) is 0 Å². The van der Waals surface area contributed by atoms with E-state index in [9.17, 15) is 9.36 Å². The van der Waals surface area contributed by atoms with Gasteiger partial charge in [0, 0.05) is 19.8 Å². The molecular weight excluding hydrogens is 533 g/mol. The third-order valence-corrected chi connectivity index (χ3v) is 7.34. The predicted molar refractivity (Wildman–Crippen MR) is 160 cm³/mol. The molecule has 12 heteroatoms. The SMILES string of the molecule is CCCCCCCCCCCCCCCCOCCCNc1nc2c(ncn2CC(C)OCP(=O)(O)O)c(=O)[nH]1. The Bertz CT molecular complexity index is 1040. The van der Waals surface area contributed by atoms with Crippen LogP contribution in [0.15, 0.2) is 11.1 Å². The lowest BCUT2D eigenvalue weighted by atomic mass is 10.0. The van der Waals surface area contributed by atoms with Gasteiger partial charge in [-0.2, -0.15) is 4.98 Å². The second-order valence-electron chi connectivity index (χ2n) is 10.7. The van der Waals surface area contributed by atoms with Crippen LogP contribution in [0.1, 0.15) is 110 Å². The topological polar surface area (TPSA) is 152 Å². The average Bonchev–Trinajstić information content (AvgIpc) is 3.31. The Morgan fingerprint density at radius 1 is 0.950 bits per heavy atom. The van der Waals surface area contributed by atoms with E-state index in [1.807, 2.05) is 0 Å². The average molecular weight is 586 g/mol. The second kappa shape index (κ2) is 20.2. The number of aromatic amines is 1. The summed E-state index contributed by atoms with van der Waals surface area (Å²) < 4.78 is 23.6. The molecule has 4 N–H and O–H groups in total. The Morgan fingerprint density at radius 3 is 2.12 bits per heavy atom. The lowest BCUT2D eigenvalue weighted by Gasteiger charge is -2.14. The van der Waals surface area contributed by atoms with Crippen molar-refractivity contribution in [2.75, 3.05) is 31.4 Å². The van der Waals surface area contributed by atoms with Crippen LogP contribution in [0.5, 0.6) is 0 Å². The zero-order chi connectivity index (χ0) is 29.1. The Morgan fingerprint density at radius 2 is 1.52 bits per heavy atom. The van der Waals surface area contributed by atoms with Crippen molar-refractivity contribution < 1.29 is 23.8 Å². The van der Waals surface area contributed by atoms with Gasteiger partial charge in [0.2, 0.25) is 5.95 Å². The number of hydrogen-bond donors (Lipinski definition) is 4. The minimum absolute atomic E-state index is 0.198. The Balaban J connectivity index is 1.51. The number of rotatable bonds is 25. The zero-order valence-corrected chi connectivity index (χ0v) is 25.5. The molecule has 0 fully saturated rings. The number of ether oxygens (including phenoxy) is 2. The van der Waals surface area contributed by atoms with Crippen molar-refractivity contribution in [1.29, 1.82) is 0 Å². The van der Waals surface area contributed by atoms with E-state index in [1.165, 1.54) is 89.8 Å². The summed E-state index contributed by atoms with van der Waals surface area (Å²) in [7, 11) is -4.25. The molecule has 40 heavy (non-hydrogen) atoms. The molecule has 0 spiro atoms. The van der Waals surface area contributed by atoms with Gasteiger partial charge in [0.1, 0.15) is 6.35 Å².